The van der Waals surface area contributed by atoms with E-state index in [0.717, 1.165) is 16.8 Å². The molecule has 1 aliphatic carbocycles. The van der Waals surface area contributed by atoms with Crippen LogP contribution in [0, 0.1) is 5.92 Å². The molecule has 0 spiro atoms. The van der Waals surface area contributed by atoms with Crippen molar-refractivity contribution in [3.63, 3.8) is 0 Å². The third-order valence-corrected chi connectivity index (χ3v) is 4.92. The SMILES string of the molecule is O=C1NN=C2C[C@](O)(c3ccccc3)C[C@@H](c3ccccc3)[C@@H]12. The summed E-state index contributed by atoms with van der Waals surface area (Å²) >= 11 is 0. The van der Waals surface area contributed by atoms with Crippen molar-refractivity contribution in [2.45, 2.75) is 24.4 Å². The van der Waals surface area contributed by atoms with Gasteiger partial charge in [0, 0.05) is 12.3 Å². The van der Waals surface area contributed by atoms with E-state index >= 15 is 0 Å². The minimum Gasteiger partial charge on any atom is -0.385 e. The van der Waals surface area contributed by atoms with Crippen molar-refractivity contribution in [3.05, 3.63) is 71.8 Å². The summed E-state index contributed by atoms with van der Waals surface area (Å²) < 4.78 is 0. The fraction of sp³-hybridized carbons (Fsp3) is 0.263. The monoisotopic (exact) mass is 306 g/mol. The molecule has 2 aromatic rings. The van der Waals surface area contributed by atoms with Crippen molar-refractivity contribution in [1.82, 2.24) is 5.43 Å². The highest BCUT2D eigenvalue weighted by molar-refractivity contribution is 6.09. The Labute approximate surface area is 134 Å². The Balaban J connectivity index is 1.78. The number of aliphatic hydroxyl groups is 1. The van der Waals surface area contributed by atoms with Gasteiger partial charge in [-0.05, 0) is 17.5 Å². The molecule has 3 atom stereocenters. The van der Waals surface area contributed by atoms with Crippen LogP contribution in [0.1, 0.15) is 29.9 Å². The van der Waals surface area contributed by atoms with Crippen LogP contribution in [-0.2, 0) is 10.4 Å². The molecule has 2 aliphatic rings. The lowest BCUT2D eigenvalue weighted by molar-refractivity contribution is -0.123. The van der Waals surface area contributed by atoms with Crippen LogP contribution < -0.4 is 5.43 Å². The Morgan fingerprint density at radius 3 is 2.39 bits per heavy atom. The fourth-order valence-electron chi connectivity index (χ4n) is 3.81. The normalized spacial score (nSPS) is 29.6. The van der Waals surface area contributed by atoms with Crippen molar-refractivity contribution in [3.8, 4) is 0 Å². The summed E-state index contributed by atoms with van der Waals surface area (Å²) in [6.07, 6.45) is 0.905. The highest BCUT2D eigenvalue weighted by Gasteiger charge is 2.49. The van der Waals surface area contributed by atoms with Gasteiger partial charge in [-0.3, -0.25) is 4.79 Å². The van der Waals surface area contributed by atoms with Crippen LogP contribution in [-0.4, -0.2) is 16.7 Å². The number of fused-ring (bicyclic) bond motifs is 1. The van der Waals surface area contributed by atoms with E-state index in [4.69, 9.17) is 0 Å². The molecule has 0 saturated heterocycles. The number of amides is 1. The molecule has 23 heavy (non-hydrogen) atoms. The minimum absolute atomic E-state index is 0.0658. The standard InChI is InChI=1S/C19H18N2O2/c22-18-17-15(13-7-3-1-4-8-13)11-19(23,12-16(17)20-21-18)14-9-5-2-6-10-14/h1-10,15,17,23H,11-12H2,(H,21,22)/t15-,17+,19-/m0/s1. The number of hydrogen-bond acceptors (Lipinski definition) is 3. The molecular weight excluding hydrogens is 288 g/mol. The predicted molar refractivity (Wildman–Crippen MR) is 87.8 cm³/mol. The van der Waals surface area contributed by atoms with E-state index in [9.17, 15) is 9.90 Å². The zero-order valence-electron chi connectivity index (χ0n) is 12.6. The number of carbonyl (C=O) groups excluding carboxylic acids is 1. The largest absolute Gasteiger partial charge is 0.385 e. The average Bonchev–Trinajstić information content (AvgIpc) is 2.96. The number of carbonyl (C=O) groups is 1. The second-order valence-corrected chi connectivity index (χ2v) is 6.35. The van der Waals surface area contributed by atoms with Crippen LogP contribution in [0.5, 0.6) is 0 Å². The number of hydrazone groups is 1. The molecule has 4 nitrogen and oxygen atoms in total. The lowest BCUT2D eigenvalue weighted by Gasteiger charge is -2.40. The van der Waals surface area contributed by atoms with Gasteiger partial charge in [0.05, 0.1) is 17.2 Å². The first-order valence-corrected chi connectivity index (χ1v) is 7.86. The van der Waals surface area contributed by atoms with Gasteiger partial charge in [0.25, 0.3) is 0 Å². The van der Waals surface area contributed by atoms with Crippen LogP contribution in [0.2, 0.25) is 0 Å². The first-order chi connectivity index (χ1) is 11.2. The Morgan fingerprint density at radius 1 is 1.04 bits per heavy atom. The number of rotatable bonds is 2. The van der Waals surface area contributed by atoms with Crippen LogP contribution in [0.4, 0.5) is 0 Å². The zero-order valence-corrected chi connectivity index (χ0v) is 12.6. The van der Waals surface area contributed by atoms with Gasteiger partial charge in [-0.25, -0.2) is 5.43 Å². The zero-order chi connectivity index (χ0) is 15.9. The number of nitrogens with zero attached hydrogens (tertiary/aromatic N) is 1. The number of hydrogen-bond donors (Lipinski definition) is 2. The van der Waals surface area contributed by atoms with Crippen molar-refractivity contribution in [1.29, 1.82) is 0 Å². The summed E-state index contributed by atoms with van der Waals surface area (Å²) in [6.45, 7) is 0. The highest BCUT2D eigenvalue weighted by Crippen LogP contribution is 2.47. The van der Waals surface area contributed by atoms with Gasteiger partial charge in [0.1, 0.15) is 0 Å². The van der Waals surface area contributed by atoms with E-state index in [2.05, 4.69) is 10.5 Å². The summed E-state index contributed by atoms with van der Waals surface area (Å²) in [4.78, 5) is 12.2. The smallest absolute Gasteiger partial charge is 0.249 e. The second kappa shape index (κ2) is 5.32. The molecule has 0 bridgehead atoms. The van der Waals surface area contributed by atoms with Crippen LogP contribution >= 0.6 is 0 Å². The predicted octanol–water partition coefficient (Wildman–Crippen LogP) is 2.55. The molecular formula is C19H18N2O2. The second-order valence-electron chi connectivity index (χ2n) is 6.35. The molecule has 0 radical (unpaired) electrons. The molecule has 1 amide bonds. The highest BCUT2D eigenvalue weighted by atomic mass is 16.3. The fourth-order valence-corrected chi connectivity index (χ4v) is 3.81. The van der Waals surface area contributed by atoms with Gasteiger partial charge in [0.15, 0.2) is 0 Å². The molecule has 1 fully saturated rings. The van der Waals surface area contributed by atoms with E-state index in [0.29, 0.717) is 12.8 Å². The van der Waals surface area contributed by atoms with Gasteiger partial charge in [-0.15, -0.1) is 0 Å². The van der Waals surface area contributed by atoms with Gasteiger partial charge in [-0.1, -0.05) is 60.7 Å². The van der Waals surface area contributed by atoms with Crippen molar-refractivity contribution < 1.29 is 9.90 Å². The van der Waals surface area contributed by atoms with Crippen molar-refractivity contribution >= 4 is 11.6 Å². The van der Waals surface area contributed by atoms with E-state index in [-0.39, 0.29) is 17.7 Å². The minimum atomic E-state index is -0.997. The molecule has 0 unspecified atom stereocenters. The molecule has 0 aromatic heterocycles. The van der Waals surface area contributed by atoms with E-state index in [1.165, 1.54) is 0 Å². The Kier molecular flexibility index (Phi) is 3.27. The maximum absolute atomic E-state index is 12.2. The molecule has 2 N–H and O–H groups in total. The van der Waals surface area contributed by atoms with Crippen molar-refractivity contribution in [2.24, 2.45) is 11.0 Å². The molecule has 4 heteroatoms. The molecule has 1 saturated carbocycles. The Morgan fingerprint density at radius 2 is 1.70 bits per heavy atom. The summed E-state index contributed by atoms with van der Waals surface area (Å²) in [6, 6.07) is 19.6. The molecule has 1 heterocycles. The van der Waals surface area contributed by atoms with Crippen LogP contribution in [0.25, 0.3) is 0 Å². The number of nitrogens with one attached hydrogen (secondary N) is 1. The first-order valence-electron chi connectivity index (χ1n) is 7.86. The topological polar surface area (TPSA) is 61.7 Å². The van der Waals surface area contributed by atoms with Gasteiger partial charge < -0.3 is 5.11 Å². The van der Waals surface area contributed by atoms with E-state index in [1.807, 2.05) is 60.7 Å². The van der Waals surface area contributed by atoms with Gasteiger partial charge in [0.2, 0.25) is 5.91 Å². The van der Waals surface area contributed by atoms with Crippen LogP contribution in [0.15, 0.2) is 65.8 Å². The van der Waals surface area contributed by atoms with E-state index < -0.39 is 5.60 Å². The maximum Gasteiger partial charge on any atom is 0.249 e. The van der Waals surface area contributed by atoms with Crippen molar-refractivity contribution in [2.75, 3.05) is 0 Å². The quantitative estimate of drug-likeness (QED) is 0.895. The molecule has 2 aromatic carbocycles. The summed E-state index contributed by atoms with van der Waals surface area (Å²) in [5.41, 5.74) is 4.29. The summed E-state index contributed by atoms with van der Waals surface area (Å²) in [5, 5.41) is 15.5. The lowest BCUT2D eigenvalue weighted by Crippen LogP contribution is -2.43. The lowest BCUT2D eigenvalue weighted by atomic mass is 9.66. The average molecular weight is 306 g/mol. The molecule has 4 rings (SSSR count). The van der Waals surface area contributed by atoms with Crippen LogP contribution in [0.3, 0.4) is 0 Å². The third-order valence-electron chi connectivity index (χ3n) is 4.92. The molecule has 1 aliphatic heterocycles. The maximum atomic E-state index is 12.2. The van der Waals surface area contributed by atoms with Gasteiger partial charge in [-0.2, -0.15) is 5.10 Å². The number of benzene rings is 2. The van der Waals surface area contributed by atoms with E-state index in [1.54, 1.807) is 0 Å². The summed E-state index contributed by atoms with van der Waals surface area (Å²) in [5.74, 6) is -0.415. The summed E-state index contributed by atoms with van der Waals surface area (Å²) in [7, 11) is 0. The molecule has 116 valence electrons. The third kappa shape index (κ3) is 2.35. The Bertz CT molecular complexity index is 757. The Hall–Kier alpha value is -2.46. The first kappa shape index (κ1) is 14.2. The van der Waals surface area contributed by atoms with Gasteiger partial charge >= 0.3 is 0 Å².